The number of hydrogen-bond donors (Lipinski definition) is 2. The van der Waals surface area contributed by atoms with Crippen LogP contribution in [0.2, 0.25) is 0 Å². The molecule has 2 atom stereocenters. The third-order valence-corrected chi connectivity index (χ3v) is 9.95. The Morgan fingerprint density at radius 1 is 0.556 bits per heavy atom. The molecule has 0 aliphatic carbocycles. The SMILES string of the molecule is CCCCC/C=C/C/C=C/C/C=C/C/C=C/CCCC(=O)O[C@H](COC(=O)CCCCCCCCCCCCCCCCCC)COP(=O)(O)OCCN. The van der Waals surface area contributed by atoms with E-state index in [1.54, 1.807) is 0 Å². The highest BCUT2D eigenvalue weighted by Crippen LogP contribution is 2.43. The predicted octanol–water partition coefficient (Wildman–Crippen LogP) is 12.3. The predicted molar refractivity (Wildman–Crippen MR) is 224 cm³/mol. The Hall–Kier alpha value is -2.03. The maximum Gasteiger partial charge on any atom is 0.472 e. The monoisotopic (exact) mass is 782 g/mol. The first-order valence-electron chi connectivity index (χ1n) is 21.6. The van der Waals surface area contributed by atoms with Gasteiger partial charge in [0.25, 0.3) is 0 Å². The molecule has 54 heavy (non-hydrogen) atoms. The average molecular weight is 782 g/mol. The molecule has 0 aromatic carbocycles. The highest BCUT2D eigenvalue weighted by Gasteiger charge is 2.25. The molecule has 0 heterocycles. The Morgan fingerprint density at radius 3 is 1.48 bits per heavy atom. The van der Waals surface area contributed by atoms with Crippen molar-refractivity contribution in [2.24, 2.45) is 5.73 Å². The molecule has 0 saturated heterocycles. The van der Waals surface area contributed by atoms with Gasteiger partial charge in [0.2, 0.25) is 0 Å². The van der Waals surface area contributed by atoms with Crippen molar-refractivity contribution >= 4 is 19.8 Å². The molecule has 3 N–H and O–H groups in total. The van der Waals surface area contributed by atoms with E-state index in [1.165, 1.54) is 109 Å². The number of allylic oxidation sites excluding steroid dienone is 8. The van der Waals surface area contributed by atoms with Crippen molar-refractivity contribution in [3.05, 3.63) is 48.6 Å². The molecule has 0 aliphatic rings. The second kappa shape index (κ2) is 40.6. The third-order valence-electron chi connectivity index (χ3n) is 8.97. The molecule has 1 unspecified atom stereocenters. The second-order valence-corrected chi connectivity index (χ2v) is 15.7. The summed E-state index contributed by atoms with van der Waals surface area (Å²) < 4.78 is 32.7. The lowest BCUT2D eigenvalue weighted by molar-refractivity contribution is -0.161. The van der Waals surface area contributed by atoms with Crippen LogP contribution in [0.5, 0.6) is 0 Å². The van der Waals surface area contributed by atoms with E-state index in [2.05, 4.69) is 56.4 Å². The molecular formula is C44H80NO8P. The van der Waals surface area contributed by atoms with E-state index in [4.69, 9.17) is 24.3 Å². The van der Waals surface area contributed by atoms with Crippen molar-refractivity contribution in [2.45, 2.75) is 193 Å². The van der Waals surface area contributed by atoms with Crippen LogP contribution in [0.4, 0.5) is 0 Å². The van der Waals surface area contributed by atoms with Crippen LogP contribution in [0.25, 0.3) is 0 Å². The van der Waals surface area contributed by atoms with Crippen LogP contribution in [-0.4, -0.2) is 49.3 Å². The molecule has 10 heteroatoms. The molecule has 314 valence electrons. The van der Waals surface area contributed by atoms with Gasteiger partial charge in [-0.15, -0.1) is 0 Å². The van der Waals surface area contributed by atoms with E-state index in [9.17, 15) is 19.0 Å². The van der Waals surface area contributed by atoms with Gasteiger partial charge in [-0.05, 0) is 51.4 Å². The summed E-state index contributed by atoms with van der Waals surface area (Å²) in [4.78, 5) is 34.8. The molecule has 0 amide bonds. The summed E-state index contributed by atoms with van der Waals surface area (Å²) in [6.07, 6.45) is 45.7. The number of hydrogen-bond acceptors (Lipinski definition) is 8. The van der Waals surface area contributed by atoms with Gasteiger partial charge in [-0.3, -0.25) is 18.6 Å². The third kappa shape index (κ3) is 39.7. The zero-order chi connectivity index (χ0) is 39.6. The fourth-order valence-corrected chi connectivity index (χ4v) is 6.51. The van der Waals surface area contributed by atoms with E-state index in [-0.39, 0.29) is 32.6 Å². The maximum atomic E-state index is 12.5. The normalized spacial score (nSPS) is 13.8. The Morgan fingerprint density at radius 2 is 0.981 bits per heavy atom. The molecule has 0 rings (SSSR count). The van der Waals surface area contributed by atoms with Crippen LogP contribution >= 0.6 is 7.82 Å². The number of carbonyl (C=O) groups is 2. The van der Waals surface area contributed by atoms with Crippen molar-refractivity contribution in [1.82, 2.24) is 0 Å². The van der Waals surface area contributed by atoms with Gasteiger partial charge in [0.15, 0.2) is 6.10 Å². The molecule has 0 spiro atoms. The van der Waals surface area contributed by atoms with Crippen LogP contribution in [0.1, 0.15) is 187 Å². The number of esters is 2. The first-order chi connectivity index (χ1) is 26.3. The Bertz CT molecular complexity index is 1030. The zero-order valence-electron chi connectivity index (χ0n) is 34.4. The smallest absolute Gasteiger partial charge is 0.462 e. The Labute approximate surface area is 330 Å². The van der Waals surface area contributed by atoms with Crippen LogP contribution in [-0.2, 0) is 32.7 Å². The first kappa shape index (κ1) is 52.0. The number of phosphoric ester groups is 1. The molecular weight excluding hydrogens is 701 g/mol. The van der Waals surface area contributed by atoms with Crippen LogP contribution in [0.15, 0.2) is 48.6 Å². The fraction of sp³-hybridized carbons (Fsp3) is 0.773. The highest BCUT2D eigenvalue weighted by atomic mass is 31.2. The van der Waals surface area contributed by atoms with Crippen molar-refractivity contribution in [2.75, 3.05) is 26.4 Å². The lowest BCUT2D eigenvalue weighted by Gasteiger charge is -2.19. The Kier molecular flexibility index (Phi) is 39.1. The van der Waals surface area contributed by atoms with E-state index in [1.807, 2.05) is 6.08 Å². The van der Waals surface area contributed by atoms with E-state index in [0.717, 1.165) is 38.5 Å². The molecule has 0 radical (unpaired) electrons. The van der Waals surface area contributed by atoms with E-state index in [0.29, 0.717) is 12.8 Å². The summed E-state index contributed by atoms with van der Waals surface area (Å²) >= 11 is 0. The van der Waals surface area contributed by atoms with Gasteiger partial charge < -0.3 is 20.1 Å². The molecule has 0 aromatic rings. The maximum absolute atomic E-state index is 12.5. The Balaban J connectivity index is 4.24. The molecule has 0 fully saturated rings. The van der Waals surface area contributed by atoms with Crippen molar-refractivity contribution in [3.8, 4) is 0 Å². The van der Waals surface area contributed by atoms with Gasteiger partial charge in [-0.1, -0.05) is 172 Å². The molecule has 0 aromatic heterocycles. The average Bonchev–Trinajstić information content (AvgIpc) is 3.16. The molecule has 0 bridgehead atoms. The molecule has 0 saturated carbocycles. The number of rotatable bonds is 40. The largest absolute Gasteiger partial charge is 0.472 e. The van der Waals surface area contributed by atoms with Crippen molar-refractivity contribution in [3.63, 3.8) is 0 Å². The standard InChI is InChI=1S/C44H80NO8P/c1-3-5-7-9-11-13-15-17-19-21-23-25-27-29-31-33-35-37-44(47)53-42(41-52-54(48,49)51-39-38-45)40-50-43(46)36-34-32-30-28-26-24-22-20-18-16-14-12-10-8-6-4-2/h11,13,17,19,23,25,29,31,42H,3-10,12,14-16,18,20-22,24,26-28,30,32-41,45H2,1-2H3,(H,48,49)/b13-11+,19-17+,25-23+,31-29+/t42-/m1/s1. The summed E-state index contributed by atoms with van der Waals surface area (Å²) in [6.45, 7) is 3.65. The van der Waals surface area contributed by atoms with Crippen molar-refractivity contribution < 1.29 is 37.6 Å². The minimum atomic E-state index is -4.39. The number of phosphoric acid groups is 1. The molecule has 0 aliphatic heterocycles. The van der Waals surface area contributed by atoms with E-state index < -0.39 is 32.5 Å². The van der Waals surface area contributed by atoms with Gasteiger partial charge >= 0.3 is 19.8 Å². The fourth-order valence-electron chi connectivity index (χ4n) is 5.74. The second-order valence-electron chi connectivity index (χ2n) is 14.2. The summed E-state index contributed by atoms with van der Waals surface area (Å²) in [5.74, 6) is -0.891. The zero-order valence-corrected chi connectivity index (χ0v) is 35.3. The van der Waals surface area contributed by atoms with Gasteiger partial charge in [-0.2, -0.15) is 0 Å². The van der Waals surface area contributed by atoms with Crippen LogP contribution in [0, 0.1) is 0 Å². The summed E-state index contributed by atoms with van der Waals surface area (Å²) in [7, 11) is -4.39. The number of unbranched alkanes of at least 4 members (excludes halogenated alkanes) is 19. The van der Waals surface area contributed by atoms with Gasteiger partial charge in [0.1, 0.15) is 6.61 Å². The van der Waals surface area contributed by atoms with Crippen LogP contribution in [0.3, 0.4) is 0 Å². The minimum absolute atomic E-state index is 0.0444. The lowest BCUT2D eigenvalue weighted by Crippen LogP contribution is -2.29. The first-order valence-corrected chi connectivity index (χ1v) is 23.1. The van der Waals surface area contributed by atoms with Gasteiger partial charge in [0.05, 0.1) is 13.2 Å². The van der Waals surface area contributed by atoms with Gasteiger partial charge in [0, 0.05) is 19.4 Å². The minimum Gasteiger partial charge on any atom is -0.462 e. The molecule has 9 nitrogen and oxygen atoms in total. The topological polar surface area (TPSA) is 134 Å². The van der Waals surface area contributed by atoms with Crippen LogP contribution < -0.4 is 5.73 Å². The number of nitrogens with two attached hydrogens (primary N) is 1. The summed E-state index contributed by atoms with van der Waals surface area (Å²) in [5, 5.41) is 0. The van der Waals surface area contributed by atoms with Crippen molar-refractivity contribution in [1.29, 1.82) is 0 Å². The highest BCUT2D eigenvalue weighted by molar-refractivity contribution is 7.47. The lowest BCUT2D eigenvalue weighted by atomic mass is 10.0. The number of carbonyl (C=O) groups excluding carboxylic acids is 2. The van der Waals surface area contributed by atoms with Gasteiger partial charge in [-0.25, -0.2) is 4.57 Å². The quantitative estimate of drug-likeness (QED) is 0.0269. The summed E-state index contributed by atoms with van der Waals surface area (Å²) in [6, 6.07) is 0. The number of ether oxygens (including phenoxy) is 2. The van der Waals surface area contributed by atoms with E-state index >= 15 is 0 Å². The summed E-state index contributed by atoms with van der Waals surface area (Å²) in [5.41, 5.74) is 5.34.